The Labute approximate surface area is 139 Å². The molecule has 0 spiro atoms. The topological polar surface area (TPSA) is 32.3 Å². The molecule has 0 aliphatic carbocycles. The molecule has 1 N–H and O–H groups in total. The Morgan fingerprint density at radius 3 is 1.87 bits per heavy atom. The number of hydrogen-bond acceptors (Lipinski definition) is 2. The van der Waals surface area contributed by atoms with E-state index in [-0.39, 0.29) is 11.9 Å². The molecule has 2 rings (SSSR count). The number of benzene rings is 2. The molecule has 23 heavy (non-hydrogen) atoms. The standard InChI is InChI=1S/C20H26N2O/c1-16(2)14-21-19(23)15-22(3)20(17-10-6-4-7-11-17)18-12-8-5-9-13-18/h4-13,16,20H,14-15H2,1-3H3,(H,21,23). The quantitative estimate of drug-likeness (QED) is 0.849. The van der Waals surface area contributed by atoms with Crippen molar-refractivity contribution in [2.45, 2.75) is 19.9 Å². The molecular formula is C20H26N2O. The molecule has 122 valence electrons. The van der Waals surface area contributed by atoms with Gasteiger partial charge in [0.05, 0.1) is 12.6 Å². The monoisotopic (exact) mass is 310 g/mol. The van der Waals surface area contributed by atoms with E-state index in [1.165, 1.54) is 11.1 Å². The lowest BCUT2D eigenvalue weighted by molar-refractivity contribution is -0.122. The highest BCUT2D eigenvalue weighted by Gasteiger charge is 2.20. The van der Waals surface area contributed by atoms with Crippen LogP contribution < -0.4 is 5.32 Å². The number of carbonyl (C=O) groups is 1. The van der Waals surface area contributed by atoms with E-state index >= 15 is 0 Å². The molecule has 0 aromatic heterocycles. The first kappa shape index (κ1) is 17.2. The van der Waals surface area contributed by atoms with E-state index in [1.807, 2.05) is 43.4 Å². The van der Waals surface area contributed by atoms with Crippen LogP contribution in [0.15, 0.2) is 60.7 Å². The van der Waals surface area contributed by atoms with Crippen LogP contribution in [0.3, 0.4) is 0 Å². The summed E-state index contributed by atoms with van der Waals surface area (Å²) in [7, 11) is 2.00. The van der Waals surface area contributed by atoms with Crippen molar-refractivity contribution in [3.8, 4) is 0 Å². The van der Waals surface area contributed by atoms with Crippen molar-refractivity contribution in [1.29, 1.82) is 0 Å². The van der Waals surface area contributed by atoms with Crippen LogP contribution in [0.5, 0.6) is 0 Å². The van der Waals surface area contributed by atoms with Crippen molar-refractivity contribution in [2.24, 2.45) is 5.92 Å². The summed E-state index contributed by atoms with van der Waals surface area (Å²) >= 11 is 0. The second-order valence-electron chi connectivity index (χ2n) is 6.34. The molecule has 0 aliphatic heterocycles. The van der Waals surface area contributed by atoms with E-state index in [0.29, 0.717) is 19.0 Å². The summed E-state index contributed by atoms with van der Waals surface area (Å²) in [5.74, 6) is 0.529. The Balaban J connectivity index is 2.16. The molecule has 0 radical (unpaired) electrons. The fourth-order valence-corrected chi connectivity index (χ4v) is 2.66. The summed E-state index contributed by atoms with van der Waals surface area (Å²) in [6.07, 6.45) is 0. The Kier molecular flexibility index (Phi) is 6.36. The van der Waals surface area contributed by atoms with Gasteiger partial charge in [-0.15, -0.1) is 0 Å². The fraction of sp³-hybridized carbons (Fsp3) is 0.350. The molecule has 0 atom stereocenters. The molecule has 3 nitrogen and oxygen atoms in total. The highest BCUT2D eigenvalue weighted by atomic mass is 16.2. The van der Waals surface area contributed by atoms with Crippen molar-refractivity contribution in [1.82, 2.24) is 10.2 Å². The number of hydrogen-bond donors (Lipinski definition) is 1. The first-order valence-corrected chi connectivity index (χ1v) is 8.14. The fourth-order valence-electron chi connectivity index (χ4n) is 2.66. The van der Waals surface area contributed by atoms with Crippen molar-refractivity contribution in [3.05, 3.63) is 71.8 Å². The average Bonchev–Trinajstić information content (AvgIpc) is 2.55. The summed E-state index contributed by atoms with van der Waals surface area (Å²) < 4.78 is 0. The maximum absolute atomic E-state index is 12.2. The molecule has 0 heterocycles. The molecule has 3 heteroatoms. The molecular weight excluding hydrogens is 284 g/mol. The number of carbonyl (C=O) groups excluding carboxylic acids is 1. The van der Waals surface area contributed by atoms with Gasteiger partial charge in [0.15, 0.2) is 0 Å². The highest BCUT2D eigenvalue weighted by Crippen LogP contribution is 2.27. The van der Waals surface area contributed by atoms with Crippen LogP contribution in [0, 0.1) is 5.92 Å². The van der Waals surface area contributed by atoms with Gasteiger partial charge in [-0.05, 0) is 24.1 Å². The van der Waals surface area contributed by atoms with Crippen LogP contribution in [-0.2, 0) is 4.79 Å². The minimum atomic E-state index is 0.0677. The Hall–Kier alpha value is -2.13. The lowest BCUT2D eigenvalue weighted by Crippen LogP contribution is -2.38. The van der Waals surface area contributed by atoms with E-state index in [0.717, 1.165) is 0 Å². The summed E-state index contributed by atoms with van der Waals surface area (Å²) in [5, 5.41) is 2.99. The number of amides is 1. The lowest BCUT2D eigenvalue weighted by Gasteiger charge is -2.28. The molecule has 2 aromatic carbocycles. The minimum absolute atomic E-state index is 0.0677. The summed E-state index contributed by atoms with van der Waals surface area (Å²) in [5.41, 5.74) is 2.38. The zero-order chi connectivity index (χ0) is 16.7. The third-order valence-corrected chi connectivity index (χ3v) is 3.77. The predicted octanol–water partition coefficient (Wildman–Crippen LogP) is 3.48. The van der Waals surface area contributed by atoms with Crippen LogP contribution in [0.2, 0.25) is 0 Å². The van der Waals surface area contributed by atoms with Gasteiger partial charge in [-0.25, -0.2) is 0 Å². The molecule has 0 bridgehead atoms. The van der Waals surface area contributed by atoms with Gasteiger partial charge < -0.3 is 5.32 Å². The average molecular weight is 310 g/mol. The van der Waals surface area contributed by atoms with Crippen LogP contribution in [0.4, 0.5) is 0 Å². The Morgan fingerprint density at radius 2 is 1.43 bits per heavy atom. The number of nitrogens with zero attached hydrogens (tertiary/aromatic N) is 1. The van der Waals surface area contributed by atoms with Crippen molar-refractivity contribution in [2.75, 3.05) is 20.1 Å². The van der Waals surface area contributed by atoms with Crippen molar-refractivity contribution >= 4 is 5.91 Å². The first-order valence-electron chi connectivity index (χ1n) is 8.14. The van der Waals surface area contributed by atoms with Gasteiger partial charge in [-0.1, -0.05) is 74.5 Å². The smallest absolute Gasteiger partial charge is 0.234 e. The van der Waals surface area contributed by atoms with Gasteiger partial charge in [0.1, 0.15) is 0 Å². The van der Waals surface area contributed by atoms with Crippen LogP contribution in [0.25, 0.3) is 0 Å². The minimum Gasteiger partial charge on any atom is -0.355 e. The van der Waals surface area contributed by atoms with Gasteiger partial charge in [0.2, 0.25) is 5.91 Å². The van der Waals surface area contributed by atoms with Crippen molar-refractivity contribution < 1.29 is 4.79 Å². The van der Waals surface area contributed by atoms with Gasteiger partial charge in [-0.3, -0.25) is 9.69 Å². The Morgan fingerprint density at radius 1 is 0.957 bits per heavy atom. The second-order valence-corrected chi connectivity index (χ2v) is 6.34. The normalized spacial score (nSPS) is 11.2. The third-order valence-electron chi connectivity index (χ3n) is 3.77. The summed E-state index contributed by atoms with van der Waals surface area (Å²) in [4.78, 5) is 14.3. The summed E-state index contributed by atoms with van der Waals surface area (Å²) in [6, 6.07) is 20.7. The van der Waals surface area contributed by atoms with Gasteiger partial charge in [0.25, 0.3) is 0 Å². The van der Waals surface area contributed by atoms with E-state index in [1.54, 1.807) is 0 Å². The second kappa shape index (κ2) is 8.49. The van der Waals surface area contributed by atoms with Gasteiger partial charge in [0, 0.05) is 6.54 Å². The number of rotatable bonds is 7. The molecule has 0 saturated heterocycles. The number of nitrogens with one attached hydrogen (secondary N) is 1. The molecule has 2 aromatic rings. The Bertz CT molecular complexity index is 556. The highest BCUT2D eigenvalue weighted by molar-refractivity contribution is 5.78. The maximum atomic E-state index is 12.2. The zero-order valence-electron chi connectivity index (χ0n) is 14.2. The van der Waals surface area contributed by atoms with E-state index in [4.69, 9.17) is 0 Å². The first-order chi connectivity index (χ1) is 11.1. The van der Waals surface area contributed by atoms with E-state index < -0.39 is 0 Å². The van der Waals surface area contributed by atoms with Crippen molar-refractivity contribution in [3.63, 3.8) is 0 Å². The van der Waals surface area contributed by atoms with Crippen LogP contribution >= 0.6 is 0 Å². The molecule has 0 unspecified atom stereocenters. The van der Waals surface area contributed by atoms with E-state index in [9.17, 15) is 4.79 Å². The third kappa shape index (κ3) is 5.22. The summed E-state index contributed by atoms with van der Waals surface area (Å²) in [6.45, 7) is 5.29. The molecule has 0 fully saturated rings. The van der Waals surface area contributed by atoms with Crippen LogP contribution in [0.1, 0.15) is 31.0 Å². The van der Waals surface area contributed by atoms with Gasteiger partial charge >= 0.3 is 0 Å². The zero-order valence-corrected chi connectivity index (χ0v) is 14.2. The molecule has 0 aliphatic rings. The van der Waals surface area contributed by atoms with Crippen LogP contribution in [-0.4, -0.2) is 30.9 Å². The molecule has 1 amide bonds. The van der Waals surface area contributed by atoms with Gasteiger partial charge in [-0.2, -0.15) is 0 Å². The lowest BCUT2D eigenvalue weighted by atomic mass is 9.97. The largest absolute Gasteiger partial charge is 0.355 e. The molecule has 0 saturated carbocycles. The van der Waals surface area contributed by atoms with E-state index in [2.05, 4.69) is 48.3 Å². The maximum Gasteiger partial charge on any atom is 0.234 e. The SMILES string of the molecule is CC(C)CNC(=O)CN(C)C(c1ccccc1)c1ccccc1. The predicted molar refractivity (Wildman–Crippen MR) is 95.2 cm³/mol. The number of likely N-dealkylation sites (N-methyl/N-ethyl adjacent to an activating group) is 1.